The topological polar surface area (TPSA) is 57.1 Å². The first-order valence-corrected chi connectivity index (χ1v) is 6.46. The quantitative estimate of drug-likeness (QED) is 0.767. The molecule has 1 saturated heterocycles. The number of rotatable bonds is 5. The summed E-state index contributed by atoms with van der Waals surface area (Å²) in [5.74, 6) is 0.745. The summed E-state index contributed by atoms with van der Waals surface area (Å²) in [4.78, 5) is 11.1. The molecule has 1 fully saturated rings. The first kappa shape index (κ1) is 14.0. The second-order valence-corrected chi connectivity index (χ2v) is 4.88. The molecule has 0 radical (unpaired) electrons. The van der Waals surface area contributed by atoms with E-state index in [9.17, 15) is 4.91 Å². The molecule has 0 saturated carbocycles. The molecule has 0 amide bonds. The van der Waals surface area contributed by atoms with E-state index in [1.54, 1.807) is 0 Å². The number of aryl methyl sites for hydroxylation is 1. The van der Waals surface area contributed by atoms with Crippen molar-refractivity contribution in [2.45, 2.75) is 33.0 Å². The van der Waals surface area contributed by atoms with Crippen LogP contribution < -0.4 is 4.74 Å². The van der Waals surface area contributed by atoms with Gasteiger partial charge in [0, 0.05) is 0 Å². The van der Waals surface area contributed by atoms with E-state index in [1.165, 1.54) is 0 Å². The maximum Gasteiger partial charge on any atom is 0.191 e. The number of nitroso groups, excluding NO2 is 1. The third-order valence-electron chi connectivity index (χ3n) is 3.13. The van der Waals surface area contributed by atoms with Gasteiger partial charge in [-0.3, -0.25) is 0 Å². The van der Waals surface area contributed by atoms with Crippen LogP contribution in [0.1, 0.15) is 30.9 Å². The minimum absolute atomic E-state index is 0.217. The molecule has 0 bridgehead atoms. The van der Waals surface area contributed by atoms with Crippen LogP contribution in [0.3, 0.4) is 0 Å². The summed E-state index contributed by atoms with van der Waals surface area (Å²) in [5.41, 5.74) is 2.16. The van der Waals surface area contributed by atoms with Crippen molar-refractivity contribution < 1.29 is 14.2 Å². The summed E-state index contributed by atoms with van der Waals surface area (Å²) in [6.45, 7) is 7.36. The molecule has 0 N–H and O–H groups in total. The maximum absolute atomic E-state index is 11.1. The molecule has 2 rings (SSSR count). The van der Waals surface area contributed by atoms with E-state index in [0.29, 0.717) is 24.7 Å². The summed E-state index contributed by atoms with van der Waals surface area (Å²) >= 11 is 0. The van der Waals surface area contributed by atoms with E-state index in [1.807, 2.05) is 32.9 Å². The molecule has 0 unspecified atom stereocenters. The average Bonchev–Trinajstić information content (AvgIpc) is 2.89. The maximum atomic E-state index is 11.1. The number of hydrogen-bond acceptors (Lipinski definition) is 5. The van der Waals surface area contributed by atoms with Gasteiger partial charge in [0.05, 0.1) is 13.2 Å². The molecule has 1 aliphatic heterocycles. The predicted molar refractivity (Wildman–Crippen MR) is 71.9 cm³/mol. The van der Waals surface area contributed by atoms with Crippen molar-refractivity contribution in [1.29, 1.82) is 0 Å². The number of hydrogen-bond donors (Lipinski definition) is 0. The van der Waals surface area contributed by atoms with Crippen molar-refractivity contribution >= 4 is 5.69 Å². The second-order valence-electron chi connectivity index (χ2n) is 4.88. The highest BCUT2D eigenvalue weighted by Gasteiger charge is 2.20. The van der Waals surface area contributed by atoms with Crippen molar-refractivity contribution in [2.24, 2.45) is 5.18 Å². The fourth-order valence-electron chi connectivity index (χ4n) is 2.08. The lowest BCUT2D eigenvalue weighted by atomic mass is 9.99. The molecule has 0 aliphatic carbocycles. The van der Waals surface area contributed by atoms with Crippen LogP contribution in [-0.4, -0.2) is 26.1 Å². The van der Waals surface area contributed by atoms with Crippen LogP contribution in [0, 0.1) is 11.8 Å². The predicted octanol–water partition coefficient (Wildman–Crippen LogP) is 3.27. The Kier molecular flexibility index (Phi) is 4.50. The van der Waals surface area contributed by atoms with Crippen LogP contribution in [0.5, 0.6) is 5.75 Å². The van der Waals surface area contributed by atoms with Gasteiger partial charge in [0.1, 0.15) is 6.61 Å². The third kappa shape index (κ3) is 3.11. The summed E-state index contributed by atoms with van der Waals surface area (Å²) < 4.78 is 16.3. The summed E-state index contributed by atoms with van der Waals surface area (Å²) in [6, 6.07) is 3.86. The number of ether oxygens (including phenoxy) is 3. The van der Waals surface area contributed by atoms with E-state index >= 15 is 0 Å². The standard InChI is InChI=1S/C14H19NO4/c1-9(2)11-5-4-10(3)14(13(11)15-16)19-8-12-17-6-7-18-12/h4-5,9,12H,6-8H2,1-3H3. The van der Waals surface area contributed by atoms with Crippen molar-refractivity contribution in [2.75, 3.05) is 19.8 Å². The van der Waals surface area contributed by atoms with Crippen LogP contribution in [0.25, 0.3) is 0 Å². The summed E-state index contributed by atoms with van der Waals surface area (Å²) in [7, 11) is 0. The Labute approximate surface area is 112 Å². The Hall–Kier alpha value is -1.46. The summed E-state index contributed by atoms with van der Waals surface area (Å²) in [5, 5.41) is 3.14. The van der Waals surface area contributed by atoms with Crippen molar-refractivity contribution in [3.05, 3.63) is 28.2 Å². The highest BCUT2D eigenvalue weighted by molar-refractivity contribution is 5.62. The Balaban J connectivity index is 2.21. The van der Waals surface area contributed by atoms with Crippen LogP contribution in [-0.2, 0) is 9.47 Å². The fraction of sp³-hybridized carbons (Fsp3) is 0.571. The SMILES string of the molecule is Cc1ccc(C(C)C)c(N=O)c1OCC1OCCO1. The molecule has 0 aromatic heterocycles. The first-order chi connectivity index (χ1) is 9.13. The average molecular weight is 265 g/mol. The highest BCUT2D eigenvalue weighted by atomic mass is 16.7. The smallest absolute Gasteiger partial charge is 0.191 e. The molecule has 1 aromatic rings. The van der Waals surface area contributed by atoms with E-state index in [-0.39, 0.29) is 18.8 Å². The zero-order valence-corrected chi connectivity index (χ0v) is 11.5. The van der Waals surface area contributed by atoms with Gasteiger partial charge in [0.2, 0.25) is 0 Å². The molecular weight excluding hydrogens is 246 g/mol. The molecule has 1 heterocycles. The zero-order valence-electron chi connectivity index (χ0n) is 11.5. The van der Waals surface area contributed by atoms with Crippen molar-refractivity contribution in [3.8, 4) is 5.75 Å². The number of nitrogens with zero attached hydrogens (tertiary/aromatic N) is 1. The minimum Gasteiger partial charge on any atom is -0.486 e. The molecule has 0 atom stereocenters. The van der Waals surface area contributed by atoms with Crippen molar-refractivity contribution in [1.82, 2.24) is 0 Å². The molecule has 1 aromatic carbocycles. The highest BCUT2D eigenvalue weighted by Crippen LogP contribution is 2.38. The van der Waals surface area contributed by atoms with Gasteiger partial charge in [-0.1, -0.05) is 26.0 Å². The van der Waals surface area contributed by atoms with E-state index in [4.69, 9.17) is 14.2 Å². The van der Waals surface area contributed by atoms with Gasteiger partial charge >= 0.3 is 0 Å². The Morgan fingerprint density at radius 1 is 1.37 bits per heavy atom. The first-order valence-electron chi connectivity index (χ1n) is 6.46. The zero-order chi connectivity index (χ0) is 13.8. The van der Waals surface area contributed by atoms with Gasteiger partial charge in [0.15, 0.2) is 17.7 Å². The van der Waals surface area contributed by atoms with E-state index in [2.05, 4.69) is 5.18 Å². The van der Waals surface area contributed by atoms with E-state index < -0.39 is 0 Å². The molecule has 1 aliphatic rings. The van der Waals surface area contributed by atoms with Gasteiger partial charge in [-0.05, 0) is 29.1 Å². The Morgan fingerprint density at radius 2 is 2.05 bits per heavy atom. The lowest BCUT2D eigenvalue weighted by Gasteiger charge is -2.17. The number of benzene rings is 1. The fourth-order valence-corrected chi connectivity index (χ4v) is 2.08. The lowest BCUT2D eigenvalue weighted by molar-refractivity contribution is -0.0684. The molecular formula is C14H19NO4. The van der Waals surface area contributed by atoms with Crippen LogP contribution in [0.15, 0.2) is 17.3 Å². The van der Waals surface area contributed by atoms with Crippen LogP contribution in [0.2, 0.25) is 0 Å². The largest absolute Gasteiger partial charge is 0.486 e. The van der Waals surface area contributed by atoms with Gasteiger partial charge in [-0.25, -0.2) is 0 Å². The molecule has 0 spiro atoms. The molecule has 5 heteroatoms. The van der Waals surface area contributed by atoms with Gasteiger partial charge in [-0.15, -0.1) is 4.91 Å². The van der Waals surface area contributed by atoms with Gasteiger partial charge in [-0.2, -0.15) is 0 Å². The monoisotopic (exact) mass is 265 g/mol. The van der Waals surface area contributed by atoms with Crippen LogP contribution in [0.4, 0.5) is 5.69 Å². The van der Waals surface area contributed by atoms with Gasteiger partial charge < -0.3 is 14.2 Å². The second kappa shape index (κ2) is 6.12. The Morgan fingerprint density at radius 3 is 2.63 bits per heavy atom. The van der Waals surface area contributed by atoms with Crippen molar-refractivity contribution in [3.63, 3.8) is 0 Å². The molecule has 5 nitrogen and oxygen atoms in total. The third-order valence-corrected chi connectivity index (χ3v) is 3.13. The minimum atomic E-state index is -0.360. The Bertz CT molecular complexity index is 453. The van der Waals surface area contributed by atoms with E-state index in [0.717, 1.165) is 11.1 Å². The van der Waals surface area contributed by atoms with Crippen LogP contribution >= 0.6 is 0 Å². The summed E-state index contributed by atoms with van der Waals surface area (Å²) in [6.07, 6.45) is -0.360. The molecule has 19 heavy (non-hydrogen) atoms. The lowest BCUT2D eigenvalue weighted by Crippen LogP contribution is -2.18. The normalized spacial score (nSPS) is 16.0. The van der Waals surface area contributed by atoms with Gasteiger partial charge in [0.25, 0.3) is 0 Å². The molecule has 104 valence electrons.